The second kappa shape index (κ2) is 5.69. The Labute approximate surface area is 134 Å². The number of benzene rings is 1. The number of carbonyl (C=O) groups is 1. The highest BCUT2D eigenvalue weighted by molar-refractivity contribution is 9.10. The molecule has 3 rings (SSSR count). The van der Waals surface area contributed by atoms with E-state index in [9.17, 15) is 4.79 Å². The molecule has 0 saturated carbocycles. The molecule has 2 heterocycles. The van der Waals surface area contributed by atoms with E-state index in [1.165, 1.54) is 0 Å². The smallest absolute Gasteiger partial charge is 0.339 e. The van der Waals surface area contributed by atoms with Crippen molar-refractivity contribution in [1.82, 2.24) is 0 Å². The molecule has 0 amide bonds. The molecule has 0 spiro atoms. The summed E-state index contributed by atoms with van der Waals surface area (Å²) >= 11 is 5.04. The fraction of sp³-hybridized carbons (Fsp3) is 0.267. The van der Waals surface area contributed by atoms with Crippen molar-refractivity contribution in [2.75, 3.05) is 6.79 Å². The molecule has 1 aliphatic rings. The summed E-state index contributed by atoms with van der Waals surface area (Å²) in [7, 11) is 0. The van der Waals surface area contributed by atoms with Crippen molar-refractivity contribution in [2.24, 2.45) is 0 Å². The topological polar surface area (TPSA) is 44.8 Å². The first-order chi connectivity index (χ1) is 10.0. The number of hydrogen-bond donors (Lipinski definition) is 0. The molecule has 0 radical (unpaired) electrons. The molecule has 2 aromatic rings. The predicted molar refractivity (Wildman–Crippen MR) is 83.2 cm³/mol. The van der Waals surface area contributed by atoms with Crippen LogP contribution in [0.1, 0.15) is 25.7 Å². The van der Waals surface area contributed by atoms with E-state index in [1.54, 1.807) is 11.3 Å². The maximum Gasteiger partial charge on any atom is 0.339 e. The Morgan fingerprint density at radius 2 is 2.00 bits per heavy atom. The Morgan fingerprint density at radius 1 is 1.29 bits per heavy atom. The van der Waals surface area contributed by atoms with Crippen LogP contribution in [0.25, 0.3) is 0 Å². The van der Waals surface area contributed by atoms with Gasteiger partial charge in [-0.3, -0.25) is 0 Å². The molecule has 0 unspecified atom stereocenters. The summed E-state index contributed by atoms with van der Waals surface area (Å²) in [5.74, 6) is 1.06. The quantitative estimate of drug-likeness (QED) is 0.761. The van der Waals surface area contributed by atoms with Gasteiger partial charge in [0.15, 0.2) is 11.5 Å². The molecule has 1 aliphatic heterocycles. The van der Waals surface area contributed by atoms with Crippen LogP contribution in [-0.2, 0) is 11.3 Å². The third-order valence-electron chi connectivity index (χ3n) is 3.16. The summed E-state index contributed by atoms with van der Waals surface area (Å²) in [5.41, 5.74) is 1.48. The van der Waals surface area contributed by atoms with Crippen molar-refractivity contribution in [3.8, 4) is 11.5 Å². The monoisotopic (exact) mass is 368 g/mol. The van der Waals surface area contributed by atoms with E-state index in [1.807, 2.05) is 32.0 Å². The van der Waals surface area contributed by atoms with Crippen LogP contribution in [0.3, 0.4) is 0 Å². The largest absolute Gasteiger partial charge is 0.457 e. The molecule has 4 nitrogen and oxygen atoms in total. The van der Waals surface area contributed by atoms with Gasteiger partial charge in [0.05, 0.1) is 5.56 Å². The normalized spacial score (nSPS) is 12.5. The fourth-order valence-corrected chi connectivity index (χ4v) is 3.47. The molecule has 0 aliphatic carbocycles. The molecule has 1 aromatic carbocycles. The van der Waals surface area contributed by atoms with E-state index in [0.717, 1.165) is 19.8 Å². The Balaban J connectivity index is 1.73. The van der Waals surface area contributed by atoms with E-state index >= 15 is 0 Å². The maximum absolute atomic E-state index is 12.1. The molecular formula is C15H13BrO4S. The SMILES string of the molecule is Cc1cc(C(=O)OCc2cc3c(cc2Br)OCO3)c(C)s1. The lowest BCUT2D eigenvalue weighted by atomic mass is 10.2. The van der Waals surface area contributed by atoms with Gasteiger partial charge in [-0.2, -0.15) is 0 Å². The van der Waals surface area contributed by atoms with Crippen molar-refractivity contribution in [2.45, 2.75) is 20.5 Å². The highest BCUT2D eigenvalue weighted by Gasteiger charge is 2.18. The van der Waals surface area contributed by atoms with Crippen LogP contribution in [0.5, 0.6) is 11.5 Å². The zero-order chi connectivity index (χ0) is 15.0. The molecule has 1 aromatic heterocycles. The van der Waals surface area contributed by atoms with Gasteiger partial charge in [0.25, 0.3) is 0 Å². The van der Waals surface area contributed by atoms with Crippen molar-refractivity contribution < 1.29 is 19.0 Å². The molecule has 0 fully saturated rings. The third kappa shape index (κ3) is 2.91. The highest BCUT2D eigenvalue weighted by atomic mass is 79.9. The lowest BCUT2D eigenvalue weighted by molar-refractivity contribution is 0.0471. The predicted octanol–water partition coefficient (Wildman–Crippen LogP) is 4.21. The highest BCUT2D eigenvalue weighted by Crippen LogP contribution is 2.37. The standard InChI is InChI=1S/C15H13BrO4S/c1-8-3-11(9(2)21-8)15(17)18-6-10-4-13-14(5-12(10)16)20-7-19-13/h3-5H,6-7H2,1-2H3. The van der Waals surface area contributed by atoms with Crippen molar-refractivity contribution in [3.63, 3.8) is 0 Å². The summed E-state index contributed by atoms with van der Waals surface area (Å²) < 4.78 is 16.8. The van der Waals surface area contributed by atoms with E-state index in [4.69, 9.17) is 14.2 Å². The van der Waals surface area contributed by atoms with Crippen LogP contribution in [0.15, 0.2) is 22.7 Å². The first kappa shape index (κ1) is 14.4. The summed E-state index contributed by atoms with van der Waals surface area (Å²) in [6, 6.07) is 5.51. The number of ether oxygens (including phenoxy) is 3. The van der Waals surface area contributed by atoms with Crippen LogP contribution in [0, 0.1) is 13.8 Å². The second-order valence-corrected chi connectivity index (χ2v) is 7.01. The second-order valence-electron chi connectivity index (χ2n) is 4.70. The summed E-state index contributed by atoms with van der Waals surface area (Å²) in [5, 5.41) is 0. The van der Waals surface area contributed by atoms with Crippen LogP contribution in [-0.4, -0.2) is 12.8 Å². The van der Waals surface area contributed by atoms with Gasteiger partial charge < -0.3 is 14.2 Å². The van der Waals surface area contributed by atoms with Gasteiger partial charge in [0.1, 0.15) is 6.61 Å². The van der Waals surface area contributed by atoms with E-state index in [-0.39, 0.29) is 19.4 Å². The van der Waals surface area contributed by atoms with E-state index in [2.05, 4.69) is 15.9 Å². The zero-order valence-electron chi connectivity index (χ0n) is 11.6. The van der Waals surface area contributed by atoms with Crippen molar-refractivity contribution in [3.05, 3.63) is 43.6 Å². The molecule has 0 atom stereocenters. The number of rotatable bonds is 3. The van der Waals surface area contributed by atoms with Crippen molar-refractivity contribution >= 4 is 33.2 Å². The lowest BCUT2D eigenvalue weighted by Crippen LogP contribution is -2.05. The Morgan fingerprint density at radius 3 is 2.67 bits per heavy atom. The van der Waals surface area contributed by atoms with Crippen LogP contribution in [0.4, 0.5) is 0 Å². The number of aryl methyl sites for hydroxylation is 2. The van der Waals surface area contributed by atoms with Gasteiger partial charge in [-0.25, -0.2) is 4.79 Å². The average Bonchev–Trinajstić information content (AvgIpc) is 3.01. The van der Waals surface area contributed by atoms with Gasteiger partial charge in [-0.1, -0.05) is 15.9 Å². The first-order valence-corrected chi connectivity index (χ1v) is 7.97. The Kier molecular flexibility index (Phi) is 3.91. The number of hydrogen-bond acceptors (Lipinski definition) is 5. The maximum atomic E-state index is 12.1. The number of fused-ring (bicyclic) bond motifs is 1. The summed E-state index contributed by atoms with van der Waals surface area (Å²) in [6.45, 7) is 4.30. The number of halogens is 1. The minimum absolute atomic E-state index is 0.185. The molecule has 0 N–H and O–H groups in total. The van der Waals surface area contributed by atoms with E-state index < -0.39 is 0 Å². The Bertz CT molecular complexity index is 708. The van der Waals surface area contributed by atoms with Crippen LogP contribution >= 0.6 is 27.3 Å². The number of carbonyl (C=O) groups excluding carboxylic acids is 1. The fourth-order valence-electron chi connectivity index (χ4n) is 2.12. The van der Waals surface area contributed by atoms with Gasteiger partial charge in [-0.15, -0.1) is 11.3 Å². The lowest BCUT2D eigenvalue weighted by Gasteiger charge is -2.08. The molecule has 0 bridgehead atoms. The molecule has 0 saturated heterocycles. The van der Waals surface area contributed by atoms with Gasteiger partial charge >= 0.3 is 5.97 Å². The van der Waals surface area contributed by atoms with Gasteiger partial charge in [-0.05, 0) is 32.0 Å². The molecule has 110 valence electrons. The Hall–Kier alpha value is -1.53. The zero-order valence-corrected chi connectivity index (χ0v) is 14.0. The van der Waals surface area contributed by atoms with E-state index in [0.29, 0.717) is 17.1 Å². The minimum Gasteiger partial charge on any atom is -0.457 e. The average molecular weight is 369 g/mol. The summed E-state index contributed by atoms with van der Waals surface area (Å²) in [6.07, 6.45) is 0. The molecule has 6 heteroatoms. The number of thiophene rings is 1. The van der Waals surface area contributed by atoms with Crippen LogP contribution < -0.4 is 9.47 Å². The van der Waals surface area contributed by atoms with Gasteiger partial charge in [0, 0.05) is 19.8 Å². The third-order valence-corrected chi connectivity index (χ3v) is 4.87. The summed E-state index contributed by atoms with van der Waals surface area (Å²) in [4.78, 5) is 14.2. The molecular weight excluding hydrogens is 356 g/mol. The van der Waals surface area contributed by atoms with Crippen molar-refractivity contribution in [1.29, 1.82) is 0 Å². The first-order valence-electron chi connectivity index (χ1n) is 6.37. The van der Waals surface area contributed by atoms with Crippen LogP contribution in [0.2, 0.25) is 0 Å². The minimum atomic E-state index is -0.304. The molecule has 21 heavy (non-hydrogen) atoms. The number of esters is 1. The van der Waals surface area contributed by atoms with Gasteiger partial charge in [0.2, 0.25) is 6.79 Å².